The molecular weight excluding hydrogens is 383 g/mol. The lowest BCUT2D eigenvalue weighted by Gasteiger charge is -2.11. The van der Waals surface area contributed by atoms with Gasteiger partial charge in [-0.2, -0.15) is 0 Å². The fourth-order valence-electron chi connectivity index (χ4n) is 1.74. The van der Waals surface area contributed by atoms with Crippen LogP contribution in [0.25, 0.3) is 0 Å². The summed E-state index contributed by atoms with van der Waals surface area (Å²) >= 11 is 3.32. The van der Waals surface area contributed by atoms with Gasteiger partial charge in [0, 0.05) is 20.7 Å². The van der Waals surface area contributed by atoms with Crippen molar-refractivity contribution in [2.45, 2.75) is 18.4 Å². The molecule has 0 N–H and O–H groups in total. The summed E-state index contributed by atoms with van der Waals surface area (Å²) < 4.78 is 42.0. The van der Waals surface area contributed by atoms with Crippen LogP contribution in [0.1, 0.15) is 11.1 Å². The molecule has 2 aromatic rings. The minimum Gasteiger partial charge on any atom is -0.489 e. The molecule has 7 heteroatoms. The second-order valence-electron chi connectivity index (χ2n) is 4.39. The molecule has 0 bridgehead atoms. The fraction of sp³-hybridized carbons (Fsp3) is 0.143. The predicted octanol–water partition coefficient (Wildman–Crippen LogP) is 4.40. The Morgan fingerprint density at radius 2 is 1.95 bits per heavy atom. The highest BCUT2D eigenvalue weighted by Gasteiger charge is 2.12. The Labute approximate surface area is 135 Å². The maximum atomic E-state index is 13.2. The summed E-state index contributed by atoms with van der Waals surface area (Å²) in [5, 5.41) is 0. The molecular formula is C14H11BrClFO3S. The van der Waals surface area contributed by atoms with E-state index in [0.29, 0.717) is 16.9 Å². The molecule has 21 heavy (non-hydrogen) atoms. The molecule has 0 heterocycles. The summed E-state index contributed by atoms with van der Waals surface area (Å²) in [7, 11) is 1.52. The third-order valence-electron chi connectivity index (χ3n) is 2.82. The van der Waals surface area contributed by atoms with Gasteiger partial charge in [0.2, 0.25) is 0 Å². The summed E-state index contributed by atoms with van der Waals surface area (Å²) in [6.07, 6.45) is 0. The lowest BCUT2D eigenvalue weighted by Crippen LogP contribution is -2.00. The van der Waals surface area contributed by atoms with E-state index in [0.717, 1.165) is 4.47 Å². The zero-order chi connectivity index (χ0) is 15.6. The van der Waals surface area contributed by atoms with Crippen LogP contribution in [0.3, 0.4) is 0 Å². The monoisotopic (exact) mass is 392 g/mol. The highest BCUT2D eigenvalue weighted by molar-refractivity contribution is 9.10. The summed E-state index contributed by atoms with van der Waals surface area (Å²) in [6, 6.07) is 8.64. The Kier molecular flexibility index (Phi) is 4.91. The molecule has 3 nitrogen and oxygen atoms in total. The van der Waals surface area contributed by atoms with Gasteiger partial charge in [-0.15, -0.1) is 0 Å². The van der Waals surface area contributed by atoms with Crippen LogP contribution < -0.4 is 4.74 Å². The molecule has 0 amide bonds. The van der Waals surface area contributed by atoms with Crippen LogP contribution in [0.4, 0.5) is 4.39 Å². The Morgan fingerprint density at radius 1 is 1.24 bits per heavy atom. The van der Waals surface area contributed by atoms with Crippen molar-refractivity contribution in [2.75, 3.05) is 0 Å². The standard InChI is InChI=1S/C14H11BrClFO3S/c1-9-6-12(21(16,18)19)3-5-14(9)20-8-10-7-11(17)2-4-13(10)15/h2-7H,8H2,1H3. The number of ether oxygens (including phenoxy) is 1. The molecule has 0 saturated heterocycles. The predicted molar refractivity (Wildman–Crippen MR) is 82.6 cm³/mol. The van der Waals surface area contributed by atoms with Gasteiger partial charge in [0.25, 0.3) is 9.05 Å². The van der Waals surface area contributed by atoms with Gasteiger partial charge in [-0.25, -0.2) is 12.8 Å². The third kappa shape index (κ3) is 4.18. The van der Waals surface area contributed by atoms with Crippen LogP contribution in [0.2, 0.25) is 0 Å². The van der Waals surface area contributed by atoms with Crippen LogP contribution in [0.15, 0.2) is 45.8 Å². The molecule has 0 atom stereocenters. The van der Waals surface area contributed by atoms with Gasteiger partial charge in [-0.05, 0) is 48.9 Å². The summed E-state index contributed by atoms with van der Waals surface area (Å²) in [5.41, 5.74) is 1.28. The minimum atomic E-state index is -3.76. The molecule has 0 radical (unpaired) electrons. The van der Waals surface area contributed by atoms with Crippen molar-refractivity contribution in [3.8, 4) is 5.75 Å². The maximum absolute atomic E-state index is 13.2. The van der Waals surface area contributed by atoms with E-state index in [1.807, 2.05) is 0 Å². The molecule has 0 fully saturated rings. The average molecular weight is 394 g/mol. The van der Waals surface area contributed by atoms with Crippen molar-refractivity contribution in [3.63, 3.8) is 0 Å². The van der Waals surface area contributed by atoms with Crippen molar-refractivity contribution in [1.29, 1.82) is 0 Å². The van der Waals surface area contributed by atoms with Gasteiger partial charge in [-0.1, -0.05) is 15.9 Å². The number of halogens is 3. The van der Waals surface area contributed by atoms with E-state index in [2.05, 4.69) is 15.9 Å². The summed E-state index contributed by atoms with van der Waals surface area (Å²) in [6.45, 7) is 1.87. The molecule has 0 saturated carbocycles. The van der Waals surface area contributed by atoms with Crippen molar-refractivity contribution in [3.05, 3.63) is 57.8 Å². The van der Waals surface area contributed by atoms with Gasteiger partial charge in [0.05, 0.1) is 4.90 Å². The zero-order valence-electron chi connectivity index (χ0n) is 10.9. The van der Waals surface area contributed by atoms with E-state index in [1.165, 1.54) is 30.3 Å². The topological polar surface area (TPSA) is 43.4 Å². The first-order valence-electron chi connectivity index (χ1n) is 5.89. The lowest BCUT2D eigenvalue weighted by molar-refractivity contribution is 0.302. The van der Waals surface area contributed by atoms with Crippen LogP contribution in [0.5, 0.6) is 5.75 Å². The van der Waals surface area contributed by atoms with E-state index in [9.17, 15) is 12.8 Å². The third-order valence-corrected chi connectivity index (χ3v) is 4.94. The first kappa shape index (κ1) is 16.3. The smallest absolute Gasteiger partial charge is 0.261 e. The highest BCUT2D eigenvalue weighted by Crippen LogP contribution is 2.26. The quantitative estimate of drug-likeness (QED) is 0.723. The molecule has 0 aliphatic heterocycles. The SMILES string of the molecule is Cc1cc(S(=O)(=O)Cl)ccc1OCc1cc(F)ccc1Br. The van der Waals surface area contributed by atoms with E-state index in [-0.39, 0.29) is 17.3 Å². The van der Waals surface area contributed by atoms with E-state index in [1.54, 1.807) is 13.0 Å². The number of hydrogen-bond donors (Lipinski definition) is 0. The summed E-state index contributed by atoms with van der Waals surface area (Å²) in [5.74, 6) is 0.160. The van der Waals surface area contributed by atoms with E-state index >= 15 is 0 Å². The second-order valence-corrected chi connectivity index (χ2v) is 7.81. The largest absolute Gasteiger partial charge is 0.489 e. The molecule has 0 aromatic heterocycles. The Morgan fingerprint density at radius 3 is 2.57 bits per heavy atom. The maximum Gasteiger partial charge on any atom is 0.261 e. The molecule has 2 aromatic carbocycles. The normalized spacial score (nSPS) is 11.4. The van der Waals surface area contributed by atoms with Crippen LogP contribution in [-0.2, 0) is 15.7 Å². The number of aryl methyl sites for hydroxylation is 1. The van der Waals surface area contributed by atoms with Gasteiger partial charge in [0.15, 0.2) is 0 Å². The van der Waals surface area contributed by atoms with E-state index < -0.39 is 9.05 Å². The minimum absolute atomic E-state index is 0.0148. The van der Waals surface area contributed by atoms with Gasteiger partial charge in [-0.3, -0.25) is 0 Å². The van der Waals surface area contributed by atoms with Gasteiger partial charge in [0.1, 0.15) is 18.2 Å². The number of rotatable bonds is 4. The first-order valence-corrected chi connectivity index (χ1v) is 8.99. The van der Waals surface area contributed by atoms with E-state index in [4.69, 9.17) is 15.4 Å². The molecule has 0 spiro atoms. The molecule has 112 valence electrons. The number of hydrogen-bond acceptors (Lipinski definition) is 3. The summed E-state index contributed by atoms with van der Waals surface area (Å²) in [4.78, 5) is 0.0148. The van der Waals surface area contributed by atoms with Crippen LogP contribution >= 0.6 is 26.6 Å². The van der Waals surface area contributed by atoms with Crippen molar-refractivity contribution < 1.29 is 17.5 Å². The molecule has 0 aliphatic carbocycles. The molecule has 0 unspecified atom stereocenters. The van der Waals surface area contributed by atoms with Crippen molar-refractivity contribution in [2.24, 2.45) is 0 Å². The second kappa shape index (κ2) is 6.34. The average Bonchev–Trinajstić information content (AvgIpc) is 2.40. The first-order chi connectivity index (χ1) is 9.77. The highest BCUT2D eigenvalue weighted by atomic mass is 79.9. The van der Waals surface area contributed by atoms with Gasteiger partial charge >= 0.3 is 0 Å². The van der Waals surface area contributed by atoms with Gasteiger partial charge < -0.3 is 4.74 Å². The Hall–Kier alpha value is -1.11. The number of benzene rings is 2. The lowest BCUT2D eigenvalue weighted by atomic mass is 10.2. The van der Waals surface area contributed by atoms with Crippen LogP contribution in [-0.4, -0.2) is 8.42 Å². The Balaban J connectivity index is 2.19. The van der Waals surface area contributed by atoms with Crippen molar-refractivity contribution in [1.82, 2.24) is 0 Å². The van der Waals surface area contributed by atoms with Crippen LogP contribution in [0, 0.1) is 12.7 Å². The molecule has 2 rings (SSSR count). The molecule has 0 aliphatic rings. The zero-order valence-corrected chi connectivity index (χ0v) is 14.1. The Bertz CT molecular complexity index is 778. The fourth-order valence-corrected chi connectivity index (χ4v) is 2.94. The van der Waals surface area contributed by atoms with Crippen molar-refractivity contribution >= 4 is 35.7 Å².